The average Bonchev–Trinajstić information content (AvgIpc) is 3.11. The predicted molar refractivity (Wildman–Crippen MR) is 81.4 cm³/mol. The van der Waals surface area contributed by atoms with Gasteiger partial charge in [-0.05, 0) is 50.3 Å². The van der Waals surface area contributed by atoms with E-state index in [0.717, 1.165) is 25.0 Å². The maximum Gasteiger partial charge on any atom is 0.146 e. The average molecular weight is 276 g/mol. The Labute approximate surface area is 121 Å². The maximum atomic E-state index is 13.5. The minimum Gasteiger partial charge on any atom is -0.381 e. The van der Waals surface area contributed by atoms with Crippen molar-refractivity contribution < 1.29 is 4.39 Å². The van der Waals surface area contributed by atoms with Crippen LogP contribution >= 0.6 is 0 Å². The summed E-state index contributed by atoms with van der Waals surface area (Å²) in [4.78, 5) is 2.63. The summed E-state index contributed by atoms with van der Waals surface area (Å²) in [5.41, 5.74) is 0.629. The highest BCUT2D eigenvalue weighted by molar-refractivity contribution is 5.44. The molecule has 0 aromatic heterocycles. The van der Waals surface area contributed by atoms with Crippen LogP contribution in [0, 0.1) is 11.7 Å². The summed E-state index contributed by atoms with van der Waals surface area (Å²) in [5.74, 6) is 0.771. The van der Waals surface area contributed by atoms with E-state index in [-0.39, 0.29) is 5.82 Å². The van der Waals surface area contributed by atoms with Gasteiger partial charge in [-0.1, -0.05) is 25.0 Å². The predicted octanol–water partition coefficient (Wildman–Crippen LogP) is 3.89. The number of nitrogens with zero attached hydrogens (tertiary/aromatic N) is 1. The van der Waals surface area contributed by atoms with Crippen molar-refractivity contribution in [3.63, 3.8) is 0 Å². The van der Waals surface area contributed by atoms with Crippen molar-refractivity contribution in [2.24, 2.45) is 5.92 Å². The number of anilines is 1. The fraction of sp³-hybridized carbons (Fsp3) is 0.647. The van der Waals surface area contributed by atoms with Crippen molar-refractivity contribution >= 4 is 5.69 Å². The lowest BCUT2D eigenvalue weighted by Crippen LogP contribution is -2.37. The molecular weight excluding hydrogens is 251 g/mol. The third kappa shape index (κ3) is 3.14. The highest BCUT2D eigenvalue weighted by Gasteiger charge is 2.32. The highest BCUT2D eigenvalue weighted by Crippen LogP contribution is 2.35. The second kappa shape index (κ2) is 6.57. The van der Waals surface area contributed by atoms with E-state index in [1.54, 1.807) is 6.07 Å². The van der Waals surface area contributed by atoms with Crippen LogP contribution in [0.1, 0.15) is 38.5 Å². The number of benzene rings is 1. The maximum absolute atomic E-state index is 13.5. The molecule has 3 heteroatoms. The molecule has 110 valence electrons. The molecule has 1 aromatic rings. The van der Waals surface area contributed by atoms with Crippen molar-refractivity contribution in [3.05, 3.63) is 30.1 Å². The van der Waals surface area contributed by atoms with Crippen LogP contribution in [0.2, 0.25) is 0 Å². The van der Waals surface area contributed by atoms with Crippen LogP contribution in [0.25, 0.3) is 0 Å². The van der Waals surface area contributed by atoms with Crippen molar-refractivity contribution in [1.82, 2.24) is 4.90 Å². The number of nitrogens with one attached hydrogen (secondary N) is 1. The van der Waals surface area contributed by atoms with Gasteiger partial charge in [-0.15, -0.1) is 0 Å². The first-order valence-corrected chi connectivity index (χ1v) is 8.07. The van der Waals surface area contributed by atoms with Crippen LogP contribution < -0.4 is 5.32 Å². The minimum absolute atomic E-state index is 0.152. The van der Waals surface area contributed by atoms with Gasteiger partial charge in [0, 0.05) is 19.1 Å². The zero-order chi connectivity index (χ0) is 13.8. The van der Waals surface area contributed by atoms with Gasteiger partial charge in [0.15, 0.2) is 0 Å². The van der Waals surface area contributed by atoms with Crippen LogP contribution in [0.4, 0.5) is 10.1 Å². The van der Waals surface area contributed by atoms with Gasteiger partial charge >= 0.3 is 0 Å². The van der Waals surface area contributed by atoms with Gasteiger partial charge in [0.25, 0.3) is 0 Å². The summed E-state index contributed by atoms with van der Waals surface area (Å²) in [6, 6.07) is 7.73. The third-order valence-corrected chi connectivity index (χ3v) is 4.95. The Morgan fingerprint density at radius 2 is 1.90 bits per heavy atom. The zero-order valence-electron chi connectivity index (χ0n) is 12.2. The third-order valence-electron chi connectivity index (χ3n) is 4.95. The molecule has 1 N–H and O–H groups in total. The number of para-hydroxylation sites is 1. The Bertz CT molecular complexity index is 429. The molecule has 3 rings (SSSR count). The summed E-state index contributed by atoms with van der Waals surface area (Å²) < 4.78 is 13.5. The molecule has 1 aromatic carbocycles. The number of likely N-dealkylation sites (tertiary alicyclic amines) is 1. The van der Waals surface area contributed by atoms with E-state index in [9.17, 15) is 4.39 Å². The number of rotatable bonds is 5. The smallest absolute Gasteiger partial charge is 0.146 e. The fourth-order valence-corrected chi connectivity index (χ4v) is 3.94. The van der Waals surface area contributed by atoms with Crippen molar-refractivity contribution in [1.29, 1.82) is 0 Å². The Hall–Kier alpha value is -1.09. The molecule has 1 saturated heterocycles. The first-order chi connectivity index (χ1) is 9.84. The normalized spacial score (nSPS) is 24.4. The van der Waals surface area contributed by atoms with Crippen molar-refractivity contribution in [2.45, 2.75) is 44.6 Å². The van der Waals surface area contributed by atoms with Gasteiger partial charge in [0.05, 0.1) is 5.69 Å². The molecule has 2 aliphatic rings. The zero-order valence-corrected chi connectivity index (χ0v) is 12.2. The quantitative estimate of drug-likeness (QED) is 0.877. The lowest BCUT2D eigenvalue weighted by molar-refractivity contribution is 0.197. The summed E-state index contributed by atoms with van der Waals surface area (Å²) in [6.45, 7) is 3.10. The van der Waals surface area contributed by atoms with Crippen LogP contribution in [0.15, 0.2) is 24.3 Å². The van der Waals surface area contributed by atoms with E-state index in [2.05, 4.69) is 10.2 Å². The molecule has 1 heterocycles. The lowest BCUT2D eigenvalue weighted by Gasteiger charge is -2.29. The number of hydrogen-bond donors (Lipinski definition) is 1. The topological polar surface area (TPSA) is 15.3 Å². The van der Waals surface area contributed by atoms with Crippen molar-refractivity contribution in [3.8, 4) is 0 Å². The van der Waals surface area contributed by atoms with Crippen LogP contribution in [-0.4, -0.2) is 30.6 Å². The summed E-state index contributed by atoms with van der Waals surface area (Å²) in [6.07, 6.45) is 8.38. The molecule has 1 aliphatic carbocycles. The molecule has 1 saturated carbocycles. The summed E-state index contributed by atoms with van der Waals surface area (Å²) in [7, 11) is 0. The highest BCUT2D eigenvalue weighted by atomic mass is 19.1. The first kappa shape index (κ1) is 13.9. The molecule has 20 heavy (non-hydrogen) atoms. The molecule has 0 radical (unpaired) electrons. The van der Waals surface area contributed by atoms with Crippen LogP contribution in [0.5, 0.6) is 0 Å². The first-order valence-electron chi connectivity index (χ1n) is 8.07. The van der Waals surface area contributed by atoms with Gasteiger partial charge in [-0.25, -0.2) is 4.39 Å². The molecular formula is C17H25FN2. The molecule has 0 bridgehead atoms. The van der Waals surface area contributed by atoms with Gasteiger partial charge in [0.2, 0.25) is 0 Å². The summed E-state index contributed by atoms with van der Waals surface area (Å²) >= 11 is 0. The number of hydrogen-bond acceptors (Lipinski definition) is 2. The van der Waals surface area contributed by atoms with Crippen molar-refractivity contribution in [2.75, 3.05) is 25.0 Å². The lowest BCUT2D eigenvalue weighted by atomic mass is 9.96. The fourth-order valence-electron chi connectivity index (χ4n) is 3.94. The molecule has 1 unspecified atom stereocenters. The number of halogens is 1. The SMILES string of the molecule is Fc1ccccc1NCCN1CCCC1C1CCCC1. The van der Waals surface area contributed by atoms with Gasteiger partial charge in [-0.3, -0.25) is 4.90 Å². The van der Waals surface area contributed by atoms with E-state index < -0.39 is 0 Å². The molecule has 1 aliphatic heterocycles. The monoisotopic (exact) mass is 276 g/mol. The standard InChI is InChI=1S/C17H25FN2/c18-15-8-3-4-9-16(15)19-11-13-20-12-5-10-17(20)14-6-1-2-7-14/h3-4,8-9,14,17,19H,1-2,5-7,10-13H2. The Balaban J connectivity index is 1.49. The van der Waals surface area contributed by atoms with Gasteiger partial charge in [0.1, 0.15) is 5.82 Å². The van der Waals surface area contributed by atoms with E-state index in [1.807, 2.05) is 12.1 Å². The van der Waals surface area contributed by atoms with E-state index in [4.69, 9.17) is 0 Å². The Kier molecular flexibility index (Phi) is 4.56. The van der Waals surface area contributed by atoms with Crippen LogP contribution in [-0.2, 0) is 0 Å². The van der Waals surface area contributed by atoms with Gasteiger partial charge in [-0.2, -0.15) is 0 Å². The Morgan fingerprint density at radius 3 is 2.70 bits per heavy atom. The Morgan fingerprint density at radius 1 is 1.10 bits per heavy atom. The van der Waals surface area contributed by atoms with Crippen LogP contribution in [0.3, 0.4) is 0 Å². The van der Waals surface area contributed by atoms with Gasteiger partial charge < -0.3 is 5.32 Å². The molecule has 0 amide bonds. The van der Waals surface area contributed by atoms with E-state index in [1.165, 1.54) is 51.1 Å². The minimum atomic E-state index is -0.152. The molecule has 1 atom stereocenters. The second-order valence-electron chi connectivity index (χ2n) is 6.20. The second-order valence-corrected chi connectivity index (χ2v) is 6.20. The van der Waals surface area contributed by atoms with E-state index >= 15 is 0 Å². The molecule has 2 nitrogen and oxygen atoms in total. The summed E-state index contributed by atoms with van der Waals surface area (Å²) in [5, 5.41) is 3.23. The largest absolute Gasteiger partial charge is 0.381 e. The molecule has 0 spiro atoms. The molecule has 2 fully saturated rings. The van der Waals surface area contributed by atoms with E-state index in [0.29, 0.717) is 5.69 Å².